The van der Waals surface area contributed by atoms with Gasteiger partial charge in [-0.3, -0.25) is 5.10 Å². The van der Waals surface area contributed by atoms with Crippen LogP contribution < -0.4 is 0 Å². The highest BCUT2D eigenvalue weighted by molar-refractivity contribution is 5.02. The average Bonchev–Trinajstić information content (AvgIpc) is 2.40. The minimum absolute atomic E-state index is 0.618. The molecule has 0 aliphatic heterocycles. The first-order valence-corrected chi connectivity index (χ1v) is 2.91. The van der Waals surface area contributed by atoms with Crippen LogP contribution >= 0.6 is 0 Å². The van der Waals surface area contributed by atoms with Gasteiger partial charge in [0.05, 0.1) is 12.7 Å². The molecule has 0 bridgehead atoms. The van der Waals surface area contributed by atoms with E-state index < -0.39 is 0 Å². The minimum Gasteiger partial charge on any atom is -0.309 e. The second kappa shape index (κ2) is 2.87. The quantitative estimate of drug-likeness (QED) is 0.470. The Bertz CT molecular complexity index is 220. The molecular weight excluding hydrogens is 128 g/mol. The topological polar surface area (TPSA) is 55.7 Å². The molecule has 4 heteroatoms. The third kappa shape index (κ3) is 1.49. The molecular formula is C6H8N4. The normalized spacial score (nSPS) is 8.80. The van der Waals surface area contributed by atoms with Crippen LogP contribution in [0.15, 0.2) is 12.4 Å². The van der Waals surface area contributed by atoms with E-state index in [1.165, 1.54) is 4.90 Å². The fourth-order valence-corrected chi connectivity index (χ4v) is 0.673. The van der Waals surface area contributed by atoms with Gasteiger partial charge in [0.1, 0.15) is 0 Å². The molecule has 0 atom stereocenters. The second-order valence-electron chi connectivity index (χ2n) is 2.06. The van der Waals surface area contributed by atoms with E-state index >= 15 is 0 Å². The molecule has 0 amide bonds. The Kier molecular flexibility index (Phi) is 1.90. The van der Waals surface area contributed by atoms with Crippen LogP contribution in [0.25, 0.3) is 0 Å². The van der Waals surface area contributed by atoms with Crippen LogP contribution in [0.4, 0.5) is 0 Å². The summed E-state index contributed by atoms with van der Waals surface area (Å²) in [7, 11) is 1.73. The van der Waals surface area contributed by atoms with E-state index in [2.05, 4.69) is 10.2 Å². The van der Waals surface area contributed by atoms with E-state index in [0.717, 1.165) is 5.56 Å². The number of nitrogens with one attached hydrogen (secondary N) is 1. The van der Waals surface area contributed by atoms with Crippen molar-refractivity contribution >= 4 is 0 Å². The smallest absolute Gasteiger partial charge is 0.179 e. The lowest BCUT2D eigenvalue weighted by Gasteiger charge is -2.04. The predicted octanol–water partition coefficient (Wildman–Crippen LogP) is 0.323. The van der Waals surface area contributed by atoms with E-state index in [-0.39, 0.29) is 0 Å². The summed E-state index contributed by atoms with van der Waals surface area (Å²) in [4.78, 5) is 1.53. The number of H-pyrrole nitrogens is 1. The zero-order valence-corrected chi connectivity index (χ0v) is 5.70. The number of hydrogen-bond donors (Lipinski definition) is 1. The fraction of sp³-hybridized carbons (Fsp3) is 0.333. The average molecular weight is 136 g/mol. The highest BCUT2D eigenvalue weighted by Gasteiger charge is 1.95. The van der Waals surface area contributed by atoms with Crippen molar-refractivity contribution in [3.05, 3.63) is 18.0 Å². The van der Waals surface area contributed by atoms with E-state index in [1.54, 1.807) is 19.4 Å². The lowest BCUT2D eigenvalue weighted by molar-refractivity contribution is 0.469. The molecule has 1 heterocycles. The molecule has 0 aromatic carbocycles. The molecule has 52 valence electrons. The molecule has 0 fully saturated rings. The highest BCUT2D eigenvalue weighted by Crippen LogP contribution is 1.96. The van der Waals surface area contributed by atoms with Crippen LogP contribution in [0.2, 0.25) is 0 Å². The summed E-state index contributed by atoms with van der Waals surface area (Å²) in [5.74, 6) is 0. The number of rotatable bonds is 2. The number of aromatic nitrogens is 2. The highest BCUT2D eigenvalue weighted by atomic mass is 15.1. The van der Waals surface area contributed by atoms with Crippen LogP contribution in [-0.2, 0) is 6.54 Å². The van der Waals surface area contributed by atoms with Gasteiger partial charge in [-0.2, -0.15) is 10.4 Å². The molecule has 0 saturated heterocycles. The Morgan fingerprint density at radius 2 is 2.70 bits per heavy atom. The van der Waals surface area contributed by atoms with Crippen molar-refractivity contribution in [2.75, 3.05) is 7.05 Å². The van der Waals surface area contributed by atoms with Crippen LogP contribution in [0.1, 0.15) is 5.56 Å². The van der Waals surface area contributed by atoms with Gasteiger partial charge in [0.15, 0.2) is 6.19 Å². The molecule has 1 N–H and O–H groups in total. The number of nitrogens with zero attached hydrogens (tertiary/aromatic N) is 3. The first-order valence-electron chi connectivity index (χ1n) is 2.91. The Hall–Kier alpha value is -1.50. The lowest BCUT2D eigenvalue weighted by atomic mass is 10.3. The minimum atomic E-state index is 0.618. The Morgan fingerprint density at radius 1 is 1.90 bits per heavy atom. The Balaban J connectivity index is 2.50. The molecule has 10 heavy (non-hydrogen) atoms. The van der Waals surface area contributed by atoms with Crippen molar-refractivity contribution in [2.24, 2.45) is 0 Å². The zero-order valence-electron chi connectivity index (χ0n) is 5.70. The van der Waals surface area contributed by atoms with Crippen LogP contribution in [0, 0.1) is 11.5 Å². The first-order chi connectivity index (χ1) is 4.83. The molecule has 0 aliphatic carbocycles. The molecule has 4 nitrogen and oxygen atoms in total. The Labute approximate surface area is 59.1 Å². The van der Waals surface area contributed by atoms with Crippen LogP contribution in [0.5, 0.6) is 0 Å². The van der Waals surface area contributed by atoms with Crippen molar-refractivity contribution in [1.82, 2.24) is 15.1 Å². The number of nitriles is 1. The molecule has 0 radical (unpaired) electrons. The largest absolute Gasteiger partial charge is 0.309 e. The van der Waals surface area contributed by atoms with Crippen molar-refractivity contribution in [3.63, 3.8) is 0 Å². The van der Waals surface area contributed by atoms with Gasteiger partial charge in [-0.15, -0.1) is 0 Å². The fourth-order valence-electron chi connectivity index (χ4n) is 0.673. The Morgan fingerprint density at radius 3 is 3.20 bits per heavy atom. The second-order valence-corrected chi connectivity index (χ2v) is 2.06. The van der Waals surface area contributed by atoms with Crippen molar-refractivity contribution in [3.8, 4) is 6.19 Å². The summed E-state index contributed by atoms with van der Waals surface area (Å²) >= 11 is 0. The van der Waals surface area contributed by atoms with Crippen molar-refractivity contribution in [1.29, 1.82) is 5.26 Å². The zero-order chi connectivity index (χ0) is 7.40. The summed E-state index contributed by atoms with van der Waals surface area (Å²) in [6, 6.07) is 0. The maximum Gasteiger partial charge on any atom is 0.179 e. The third-order valence-corrected chi connectivity index (χ3v) is 1.15. The van der Waals surface area contributed by atoms with E-state index in [1.807, 2.05) is 6.19 Å². The van der Waals surface area contributed by atoms with Gasteiger partial charge >= 0.3 is 0 Å². The molecule has 0 aliphatic rings. The lowest BCUT2D eigenvalue weighted by Crippen LogP contribution is -2.09. The summed E-state index contributed by atoms with van der Waals surface area (Å²) in [6.07, 6.45) is 5.47. The standard InChI is InChI=1S/C6H8N4/c1-10(5-7)4-6-2-8-9-3-6/h2-3H,4H2,1H3,(H,8,9). The summed E-state index contributed by atoms with van der Waals surface area (Å²) < 4.78 is 0. The van der Waals surface area contributed by atoms with Gasteiger partial charge in [-0.25, -0.2) is 0 Å². The molecule has 1 rings (SSSR count). The van der Waals surface area contributed by atoms with Crippen molar-refractivity contribution < 1.29 is 0 Å². The van der Waals surface area contributed by atoms with E-state index in [9.17, 15) is 0 Å². The summed E-state index contributed by atoms with van der Waals surface area (Å²) in [5.41, 5.74) is 1.02. The number of aromatic amines is 1. The van der Waals surface area contributed by atoms with Gasteiger partial charge in [-0.05, 0) is 0 Å². The van der Waals surface area contributed by atoms with Gasteiger partial charge in [0.2, 0.25) is 0 Å². The van der Waals surface area contributed by atoms with Crippen molar-refractivity contribution in [2.45, 2.75) is 6.54 Å². The molecule has 0 unspecified atom stereocenters. The monoisotopic (exact) mass is 136 g/mol. The first kappa shape index (κ1) is 6.62. The van der Waals surface area contributed by atoms with Crippen LogP contribution in [0.3, 0.4) is 0 Å². The molecule has 1 aromatic heterocycles. The third-order valence-electron chi connectivity index (χ3n) is 1.15. The summed E-state index contributed by atoms with van der Waals surface area (Å²) in [5, 5.41) is 14.8. The molecule has 0 spiro atoms. The predicted molar refractivity (Wildman–Crippen MR) is 35.7 cm³/mol. The van der Waals surface area contributed by atoms with Gasteiger partial charge < -0.3 is 4.90 Å². The SMILES string of the molecule is CN(C#N)Cc1cn[nH]c1. The van der Waals surface area contributed by atoms with Gasteiger partial charge in [0, 0.05) is 18.8 Å². The molecule has 1 aromatic rings. The van der Waals surface area contributed by atoms with Gasteiger partial charge in [0.25, 0.3) is 0 Å². The maximum atomic E-state index is 8.38. The van der Waals surface area contributed by atoms with E-state index in [4.69, 9.17) is 5.26 Å². The van der Waals surface area contributed by atoms with Gasteiger partial charge in [-0.1, -0.05) is 0 Å². The summed E-state index contributed by atoms with van der Waals surface area (Å²) in [6.45, 7) is 0.618. The number of hydrogen-bond acceptors (Lipinski definition) is 3. The van der Waals surface area contributed by atoms with E-state index in [0.29, 0.717) is 6.54 Å². The maximum absolute atomic E-state index is 8.38. The molecule has 0 saturated carbocycles. The van der Waals surface area contributed by atoms with Crippen LogP contribution in [-0.4, -0.2) is 22.1 Å².